The summed E-state index contributed by atoms with van der Waals surface area (Å²) in [6.07, 6.45) is 34.3. The van der Waals surface area contributed by atoms with E-state index < -0.39 is 6.10 Å². The van der Waals surface area contributed by atoms with E-state index in [1.54, 1.807) is 6.08 Å². The molecule has 6 heteroatoms. The van der Waals surface area contributed by atoms with Crippen molar-refractivity contribution >= 4 is 17.7 Å². The molecule has 0 rings (SSSR count). The van der Waals surface area contributed by atoms with E-state index in [2.05, 4.69) is 39.0 Å². The minimum Gasteiger partial charge on any atom is -0.462 e. The van der Waals surface area contributed by atoms with Gasteiger partial charge in [-0.1, -0.05) is 134 Å². The molecule has 0 aliphatic carbocycles. The zero-order valence-electron chi connectivity index (χ0n) is 28.3. The number of ether oxygens (including phenoxy) is 2. The molecular formula is C38H64O6. The van der Waals surface area contributed by atoms with Crippen molar-refractivity contribution in [3.05, 3.63) is 48.6 Å². The van der Waals surface area contributed by atoms with Gasteiger partial charge in [0.2, 0.25) is 0 Å². The third-order valence-corrected chi connectivity index (χ3v) is 7.64. The normalized spacial score (nSPS) is 13.4. The second-order valence-electron chi connectivity index (χ2n) is 11.9. The molecule has 1 N–H and O–H groups in total. The fourth-order valence-corrected chi connectivity index (χ4v) is 4.53. The van der Waals surface area contributed by atoms with Crippen molar-refractivity contribution in [3.63, 3.8) is 0 Å². The maximum absolute atomic E-state index is 12.1. The van der Waals surface area contributed by atoms with Crippen LogP contribution in [0, 0.1) is 5.92 Å². The average Bonchev–Trinajstić information content (AvgIpc) is 3.02. The highest BCUT2D eigenvalue weighted by Crippen LogP contribution is 2.15. The summed E-state index contributed by atoms with van der Waals surface area (Å²) in [5.41, 5.74) is 0. The number of aliphatic hydroxyl groups is 1. The van der Waals surface area contributed by atoms with Gasteiger partial charge >= 0.3 is 11.9 Å². The summed E-state index contributed by atoms with van der Waals surface area (Å²) in [6.45, 7) is 6.24. The molecule has 1 unspecified atom stereocenters. The van der Waals surface area contributed by atoms with Gasteiger partial charge in [0.25, 0.3) is 0 Å². The summed E-state index contributed by atoms with van der Waals surface area (Å²) in [6, 6.07) is 0. The first-order chi connectivity index (χ1) is 21.4. The molecule has 252 valence electrons. The quantitative estimate of drug-likeness (QED) is 0.0284. The van der Waals surface area contributed by atoms with Crippen molar-refractivity contribution in [2.24, 2.45) is 5.92 Å². The number of aliphatic hydroxyl groups excluding tert-OH is 1. The van der Waals surface area contributed by atoms with Crippen molar-refractivity contribution < 1.29 is 29.0 Å². The topological polar surface area (TPSA) is 89.9 Å². The highest BCUT2D eigenvalue weighted by molar-refractivity contribution is 5.89. The van der Waals surface area contributed by atoms with Crippen LogP contribution in [0.15, 0.2) is 48.6 Å². The van der Waals surface area contributed by atoms with Crippen molar-refractivity contribution in [1.82, 2.24) is 0 Å². The van der Waals surface area contributed by atoms with Crippen LogP contribution in [0.25, 0.3) is 0 Å². The lowest BCUT2D eigenvalue weighted by Crippen LogP contribution is -2.28. The molecule has 0 radical (unpaired) electrons. The fraction of sp³-hybridized carbons (Fsp3) is 0.711. The van der Waals surface area contributed by atoms with Gasteiger partial charge in [-0.3, -0.25) is 14.4 Å². The number of rotatable bonds is 30. The SMILES string of the molecule is CCCCCC(=O)/C=C/C=C\C/C=C\C/C=C\CCCC(=O)OC[C@H](CO)OC(=O)CCCCCCCCCCC(C)CC. The third-order valence-electron chi connectivity index (χ3n) is 7.64. The molecule has 44 heavy (non-hydrogen) atoms. The largest absolute Gasteiger partial charge is 0.462 e. The highest BCUT2D eigenvalue weighted by atomic mass is 16.6. The Morgan fingerprint density at radius 2 is 1.30 bits per heavy atom. The molecule has 0 amide bonds. The van der Waals surface area contributed by atoms with E-state index in [0.29, 0.717) is 19.3 Å². The van der Waals surface area contributed by atoms with Crippen LogP contribution in [-0.4, -0.2) is 42.1 Å². The second kappa shape index (κ2) is 31.9. The molecule has 0 aliphatic rings. The number of allylic oxidation sites excluding steroid dienone is 8. The first kappa shape index (κ1) is 41.5. The summed E-state index contributed by atoms with van der Waals surface area (Å²) in [5.74, 6) is 0.336. The number of carbonyl (C=O) groups is 3. The number of hydrogen-bond acceptors (Lipinski definition) is 6. The molecule has 0 saturated heterocycles. The average molecular weight is 617 g/mol. The standard InChI is InChI=1S/C38H64O6/c1-4-6-22-28-35(40)29-24-19-15-10-8-7-9-11-16-20-25-30-37(41)43-33-36(32-39)44-38(42)31-26-21-17-13-12-14-18-23-27-34(3)5-2/h7-8,11,15-16,19,24,29,34,36,39H,4-6,9-10,12-14,17-18,20-23,25-28,30-33H2,1-3H3/b8-7-,16-11-,19-15-,29-24+/t34?,36-/m0/s1. The van der Waals surface area contributed by atoms with E-state index in [-0.39, 0.29) is 37.4 Å². The minimum absolute atomic E-state index is 0.113. The van der Waals surface area contributed by atoms with Crippen LogP contribution in [0.2, 0.25) is 0 Å². The van der Waals surface area contributed by atoms with Crippen LogP contribution in [-0.2, 0) is 23.9 Å². The van der Waals surface area contributed by atoms with Gasteiger partial charge in [-0.25, -0.2) is 0 Å². The monoisotopic (exact) mass is 616 g/mol. The minimum atomic E-state index is -0.808. The lowest BCUT2D eigenvalue weighted by molar-refractivity contribution is -0.161. The Labute approximate surface area is 269 Å². The molecular weight excluding hydrogens is 552 g/mol. The van der Waals surface area contributed by atoms with E-state index in [1.807, 2.05) is 24.3 Å². The van der Waals surface area contributed by atoms with Crippen LogP contribution in [0.5, 0.6) is 0 Å². The lowest BCUT2D eigenvalue weighted by Gasteiger charge is -2.15. The number of esters is 2. The van der Waals surface area contributed by atoms with Gasteiger partial charge in [0.1, 0.15) is 6.61 Å². The summed E-state index contributed by atoms with van der Waals surface area (Å²) in [4.78, 5) is 35.8. The van der Waals surface area contributed by atoms with E-state index in [4.69, 9.17) is 9.47 Å². The molecule has 0 saturated carbocycles. The Morgan fingerprint density at radius 1 is 0.682 bits per heavy atom. The lowest BCUT2D eigenvalue weighted by atomic mass is 9.99. The number of carbonyl (C=O) groups excluding carboxylic acids is 3. The zero-order chi connectivity index (χ0) is 32.5. The van der Waals surface area contributed by atoms with E-state index in [0.717, 1.165) is 63.7 Å². The predicted octanol–water partition coefficient (Wildman–Crippen LogP) is 9.71. The van der Waals surface area contributed by atoms with Gasteiger partial charge in [-0.2, -0.15) is 0 Å². The van der Waals surface area contributed by atoms with Crippen LogP contribution in [0.4, 0.5) is 0 Å². The number of hydrogen-bond donors (Lipinski definition) is 1. The smallest absolute Gasteiger partial charge is 0.306 e. The van der Waals surface area contributed by atoms with E-state index in [1.165, 1.54) is 44.9 Å². The van der Waals surface area contributed by atoms with Gasteiger partial charge in [-0.05, 0) is 50.5 Å². The number of unbranched alkanes of at least 4 members (excludes halogenated alkanes) is 10. The van der Waals surface area contributed by atoms with Gasteiger partial charge in [-0.15, -0.1) is 0 Å². The van der Waals surface area contributed by atoms with Gasteiger partial charge < -0.3 is 14.6 Å². The maximum atomic E-state index is 12.1. The first-order valence-corrected chi connectivity index (χ1v) is 17.5. The summed E-state index contributed by atoms with van der Waals surface area (Å²) in [5, 5.41) is 9.50. The molecule has 0 aromatic rings. The molecule has 0 bridgehead atoms. The van der Waals surface area contributed by atoms with Crippen molar-refractivity contribution in [3.8, 4) is 0 Å². The Balaban J connectivity index is 3.77. The van der Waals surface area contributed by atoms with Crippen LogP contribution >= 0.6 is 0 Å². The van der Waals surface area contributed by atoms with E-state index >= 15 is 0 Å². The Kier molecular flexibility index (Phi) is 30.1. The predicted molar refractivity (Wildman–Crippen MR) is 182 cm³/mol. The van der Waals surface area contributed by atoms with E-state index in [9.17, 15) is 19.5 Å². The Hall–Kier alpha value is -2.47. The van der Waals surface area contributed by atoms with Crippen LogP contribution in [0.1, 0.15) is 149 Å². The molecule has 0 aliphatic heterocycles. The maximum Gasteiger partial charge on any atom is 0.306 e. The molecule has 0 heterocycles. The van der Waals surface area contributed by atoms with Gasteiger partial charge in [0, 0.05) is 19.3 Å². The van der Waals surface area contributed by atoms with Gasteiger partial charge in [0.15, 0.2) is 11.9 Å². The summed E-state index contributed by atoms with van der Waals surface area (Å²) < 4.78 is 10.5. The van der Waals surface area contributed by atoms with Crippen molar-refractivity contribution in [1.29, 1.82) is 0 Å². The number of ketones is 1. The Bertz CT molecular complexity index is 825. The van der Waals surface area contributed by atoms with Crippen molar-refractivity contribution in [2.45, 2.75) is 155 Å². The van der Waals surface area contributed by atoms with Crippen molar-refractivity contribution in [2.75, 3.05) is 13.2 Å². The van der Waals surface area contributed by atoms with Crippen LogP contribution in [0.3, 0.4) is 0 Å². The Morgan fingerprint density at radius 3 is 1.98 bits per heavy atom. The summed E-state index contributed by atoms with van der Waals surface area (Å²) >= 11 is 0. The summed E-state index contributed by atoms with van der Waals surface area (Å²) in [7, 11) is 0. The molecule has 0 aromatic heterocycles. The molecule has 0 aromatic carbocycles. The highest BCUT2D eigenvalue weighted by Gasteiger charge is 2.16. The third kappa shape index (κ3) is 29.6. The molecule has 2 atom stereocenters. The van der Waals surface area contributed by atoms with Crippen LogP contribution < -0.4 is 0 Å². The molecule has 6 nitrogen and oxygen atoms in total. The fourth-order valence-electron chi connectivity index (χ4n) is 4.53. The zero-order valence-corrected chi connectivity index (χ0v) is 28.3. The van der Waals surface area contributed by atoms with Gasteiger partial charge in [0.05, 0.1) is 6.61 Å². The molecule has 0 spiro atoms. The second-order valence-corrected chi connectivity index (χ2v) is 11.9. The molecule has 0 fully saturated rings. The first-order valence-electron chi connectivity index (χ1n) is 17.5.